The van der Waals surface area contributed by atoms with Gasteiger partial charge in [-0.2, -0.15) is 0 Å². The quantitative estimate of drug-likeness (QED) is 0.328. The molecule has 0 bridgehead atoms. The van der Waals surface area contributed by atoms with E-state index < -0.39 is 39.1 Å². The lowest BCUT2D eigenvalue weighted by atomic mass is 10.2. The summed E-state index contributed by atoms with van der Waals surface area (Å²) < 4.78 is 50.3. The third-order valence-electron chi connectivity index (χ3n) is 4.38. The zero-order valence-electron chi connectivity index (χ0n) is 16.3. The van der Waals surface area contributed by atoms with Crippen LogP contribution in [0.4, 0.5) is 4.79 Å². The molecule has 3 rings (SSSR count). The first-order valence-electron chi connectivity index (χ1n) is 8.60. The Kier molecular flexibility index (Phi) is 6.54. The van der Waals surface area contributed by atoms with Gasteiger partial charge in [-0.25, -0.2) is 4.79 Å². The van der Waals surface area contributed by atoms with Crippen LogP contribution in [0.3, 0.4) is 0 Å². The van der Waals surface area contributed by atoms with E-state index in [2.05, 4.69) is 9.72 Å². The van der Waals surface area contributed by atoms with E-state index in [9.17, 15) is 28.8 Å². The number of ether oxygens (including phenoxy) is 3. The van der Waals surface area contributed by atoms with Gasteiger partial charge in [-0.05, 0) is 29.8 Å². The average molecular weight is 475 g/mol. The Morgan fingerprint density at radius 1 is 1.19 bits per heavy atom. The minimum atomic E-state index is -5.22. The number of benzene rings is 1. The molecule has 1 aliphatic heterocycles. The molecule has 12 nitrogen and oxygen atoms in total. The smallest absolute Gasteiger partial charge is 0.497 e. The first-order chi connectivity index (χ1) is 14.5. The second-order valence-electron chi connectivity index (χ2n) is 6.36. The van der Waals surface area contributed by atoms with Crippen molar-refractivity contribution in [2.75, 3.05) is 14.2 Å². The maximum absolute atomic E-state index is 12.9. The largest absolute Gasteiger partial charge is 0.513 e. The standard InChI is InChI=1S/C17H19NO11P2/c1-25-12-5-6-14(27-16(19)26-2)13(8-12)15-28-30(21,22)17(20,31(23,24)29-15)9-11-4-3-7-18-10-11/h3-8,10,15,20H,9H2,1-2H3,(H,21,22)(H,23,24). The van der Waals surface area contributed by atoms with Gasteiger partial charge in [0.2, 0.25) is 6.29 Å². The fraction of sp³-hybridized carbons (Fsp3) is 0.294. The minimum Gasteiger partial charge on any atom is -0.497 e. The molecule has 0 radical (unpaired) electrons. The second-order valence-corrected chi connectivity index (χ2v) is 10.7. The highest BCUT2D eigenvalue weighted by atomic mass is 31.2. The summed E-state index contributed by atoms with van der Waals surface area (Å²) in [5.41, 5.74) is -0.0352. The Bertz CT molecular complexity index is 1040. The van der Waals surface area contributed by atoms with Gasteiger partial charge in [-0.3, -0.25) is 23.2 Å². The van der Waals surface area contributed by atoms with E-state index in [0.717, 1.165) is 7.11 Å². The van der Waals surface area contributed by atoms with E-state index in [1.165, 1.54) is 49.8 Å². The van der Waals surface area contributed by atoms with Crippen LogP contribution in [0.2, 0.25) is 0 Å². The molecule has 0 spiro atoms. The van der Waals surface area contributed by atoms with E-state index >= 15 is 0 Å². The molecule has 31 heavy (non-hydrogen) atoms. The van der Waals surface area contributed by atoms with Crippen molar-refractivity contribution in [3.05, 3.63) is 53.9 Å². The summed E-state index contributed by atoms with van der Waals surface area (Å²) in [6, 6.07) is 6.73. The molecule has 0 saturated carbocycles. The maximum Gasteiger partial charge on any atom is 0.513 e. The maximum atomic E-state index is 12.9. The Hall–Kier alpha value is -2.30. The molecule has 1 fully saturated rings. The fourth-order valence-electron chi connectivity index (χ4n) is 2.76. The average Bonchev–Trinajstić information content (AvgIpc) is 2.72. The van der Waals surface area contributed by atoms with Crippen LogP contribution in [-0.4, -0.2) is 45.3 Å². The predicted molar refractivity (Wildman–Crippen MR) is 103 cm³/mol. The van der Waals surface area contributed by atoms with Crippen LogP contribution >= 0.6 is 15.2 Å². The molecule has 14 heteroatoms. The highest BCUT2D eigenvalue weighted by molar-refractivity contribution is 7.73. The number of carbonyl (C=O) groups excluding carboxylic acids is 1. The SMILES string of the molecule is COC(=O)Oc1ccc(OC)cc1C1OP(=O)(O)C(O)(Cc2cccnc2)P(=O)(O)O1. The van der Waals surface area contributed by atoms with Crippen molar-refractivity contribution < 1.29 is 52.1 Å². The van der Waals surface area contributed by atoms with E-state index in [-0.39, 0.29) is 22.6 Å². The van der Waals surface area contributed by atoms with Crippen molar-refractivity contribution in [2.45, 2.75) is 17.8 Å². The van der Waals surface area contributed by atoms with Crippen molar-refractivity contribution in [1.29, 1.82) is 0 Å². The summed E-state index contributed by atoms with van der Waals surface area (Å²) in [6.45, 7) is 0. The normalized spacial score (nSPS) is 30.4. The van der Waals surface area contributed by atoms with Gasteiger partial charge in [0.25, 0.3) is 5.08 Å². The molecule has 1 aromatic carbocycles. The number of nitrogens with zero attached hydrogens (tertiary/aromatic N) is 1. The number of aromatic nitrogens is 1. The molecule has 1 aromatic heterocycles. The van der Waals surface area contributed by atoms with Gasteiger partial charge in [0.1, 0.15) is 11.5 Å². The summed E-state index contributed by atoms with van der Waals surface area (Å²) in [4.78, 5) is 36.2. The lowest BCUT2D eigenvalue weighted by Gasteiger charge is -2.41. The van der Waals surface area contributed by atoms with Gasteiger partial charge in [-0.1, -0.05) is 6.07 Å². The van der Waals surface area contributed by atoms with Crippen LogP contribution in [0.15, 0.2) is 42.7 Å². The molecule has 2 heterocycles. The lowest BCUT2D eigenvalue weighted by molar-refractivity contribution is -0.0589. The predicted octanol–water partition coefficient (Wildman–Crippen LogP) is 2.54. The van der Waals surface area contributed by atoms with E-state index in [1.807, 2.05) is 0 Å². The van der Waals surface area contributed by atoms with Crippen LogP contribution in [-0.2, 0) is 29.3 Å². The Balaban J connectivity index is 2.02. The summed E-state index contributed by atoms with van der Waals surface area (Å²) >= 11 is 0. The Labute approximate surface area is 176 Å². The highest BCUT2D eigenvalue weighted by Gasteiger charge is 2.67. The third-order valence-corrected chi connectivity index (χ3v) is 8.97. The van der Waals surface area contributed by atoms with E-state index in [1.54, 1.807) is 0 Å². The molecule has 3 N–H and O–H groups in total. The van der Waals surface area contributed by atoms with Crippen molar-refractivity contribution in [3.8, 4) is 11.5 Å². The number of aliphatic hydroxyl groups is 1. The third kappa shape index (κ3) is 4.51. The Morgan fingerprint density at radius 2 is 1.87 bits per heavy atom. The molecular weight excluding hydrogens is 456 g/mol. The number of carbonyl (C=O) groups is 1. The molecule has 1 saturated heterocycles. The number of hydrogen-bond acceptors (Lipinski definition) is 10. The van der Waals surface area contributed by atoms with Crippen LogP contribution in [0.5, 0.6) is 11.5 Å². The summed E-state index contributed by atoms with van der Waals surface area (Å²) in [6.07, 6.45) is -1.18. The van der Waals surface area contributed by atoms with Gasteiger partial charge >= 0.3 is 21.3 Å². The summed E-state index contributed by atoms with van der Waals surface area (Å²) in [5.74, 6) is -0.0634. The highest BCUT2D eigenvalue weighted by Crippen LogP contribution is 2.79. The number of rotatable bonds is 5. The summed E-state index contributed by atoms with van der Waals surface area (Å²) in [7, 11) is -8.07. The van der Waals surface area contributed by atoms with E-state index in [4.69, 9.17) is 18.5 Å². The Morgan fingerprint density at radius 3 is 2.42 bits per heavy atom. The topological polar surface area (TPSA) is 171 Å². The zero-order valence-corrected chi connectivity index (χ0v) is 18.1. The minimum absolute atomic E-state index is 0.190. The molecule has 1 aliphatic rings. The first-order valence-corrected chi connectivity index (χ1v) is 11.8. The van der Waals surface area contributed by atoms with Crippen LogP contribution < -0.4 is 9.47 Å². The van der Waals surface area contributed by atoms with Gasteiger partial charge in [0.15, 0.2) is 0 Å². The van der Waals surface area contributed by atoms with Gasteiger partial charge in [0, 0.05) is 18.8 Å². The van der Waals surface area contributed by atoms with Gasteiger partial charge in [-0.15, -0.1) is 0 Å². The number of pyridine rings is 1. The lowest BCUT2D eigenvalue weighted by Crippen LogP contribution is -2.38. The fourth-order valence-corrected chi connectivity index (χ4v) is 6.32. The van der Waals surface area contributed by atoms with Crippen LogP contribution in [0, 0.1) is 0 Å². The molecule has 2 unspecified atom stereocenters. The van der Waals surface area contributed by atoms with Crippen molar-refractivity contribution >= 4 is 21.3 Å². The molecule has 168 valence electrons. The molecule has 0 amide bonds. The van der Waals surface area contributed by atoms with Crippen molar-refractivity contribution in [2.24, 2.45) is 0 Å². The monoisotopic (exact) mass is 475 g/mol. The first kappa shape index (κ1) is 23.4. The van der Waals surface area contributed by atoms with Crippen LogP contribution in [0.1, 0.15) is 17.4 Å². The molecule has 2 atom stereocenters. The van der Waals surface area contributed by atoms with E-state index in [0.29, 0.717) is 0 Å². The molecule has 0 aliphatic carbocycles. The van der Waals surface area contributed by atoms with Gasteiger partial charge in [0.05, 0.1) is 19.8 Å². The summed E-state index contributed by atoms with van der Waals surface area (Å²) in [5, 5.41) is 7.60. The molecule has 2 aromatic rings. The van der Waals surface area contributed by atoms with Crippen molar-refractivity contribution in [1.82, 2.24) is 4.98 Å². The number of hydrogen-bond donors (Lipinski definition) is 3. The van der Waals surface area contributed by atoms with Crippen LogP contribution in [0.25, 0.3) is 0 Å². The second kappa shape index (κ2) is 8.68. The van der Waals surface area contributed by atoms with Gasteiger partial charge < -0.3 is 29.1 Å². The molecular formula is C17H19NO11P2. The zero-order chi connectivity index (χ0) is 22.9. The number of methoxy groups -OCH3 is 2. The van der Waals surface area contributed by atoms with Crippen molar-refractivity contribution in [3.63, 3.8) is 0 Å².